The van der Waals surface area contributed by atoms with Gasteiger partial charge in [0.25, 0.3) is 0 Å². The van der Waals surface area contributed by atoms with Crippen molar-refractivity contribution in [3.8, 4) is 17.2 Å². The monoisotopic (exact) mass is 433 g/mol. The van der Waals surface area contributed by atoms with Gasteiger partial charge in [-0.05, 0) is 61.2 Å². The van der Waals surface area contributed by atoms with E-state index in [0.29, 0.717) is 31.7 Å². The Morgan fingerprint density at radius 1 is 0.935 bits per heavy atom. The molecule has 0 aromatic heterocycles. The molecule has 1 amide bonds. The number of phenolic OH excluding ortho intramolecular Hbond substituents is 1. The first-order valence-electron chi connectivity index (χ1n) is 11.3. The van der Waals surface area contributed by atoms with Crippen LogP contribution in [0, 0.1) is 13.8 Å². The van der Waals surface area contributed by atoms with Gasteiger partial charge in [0.15, 0.2) is 0 Å². The number of hydrogen-bond acceptors (Lipinski definition) is 4. The second kappa shape index (κ2) is 19.4. The van der Waals surface area contributed by atoms with Crippen molar-refractivity contribution in [3.05, 3.63) is 53.1 Å². The van der Waals surface area contributed by atoms with E-state index < -0.39 is 0 Å². The van der Waals surface area contributed by atoms with Gasteiger partial charge in [-0.2, -0.15) is 0 Å². The maximum Gasteiger partial charge on any atom is 0.220 e. The van der Waals surface area contributed by atoms with Gasteiger partial charge in [-0.3, -0.25) is 4.79 Å². The summed E-state index contributed by atoms with van der Waals surface area (Å²) in [5.41, 5.74) is 3.14. The molecule has 0 aliphatic heterocycles. The highest BCUT2D eigenvalue weighted by Crippen LogP contribution is 2.30. The maximum absolute atomic E-state index is 11.8. The number of hydrogen-bond donors (Lipinski definition) is 2. The number of phenols is 1. The van der Waals surface area contributed by atoms with Crippen molar-refractivity contribution in [3.63, 3.8) is 0 Å². The summed E-state index contributed by atoms with van der Waals surface area (Å²) in [5.74, 6) is 1.71. The molecule has 0 bridgehead atoms. The van der Waals surface area contributed by atoms with Crippen LogP contribution >= 0.6 is 0 Å². The van der Waals surface area contributed by atoms with Crippen LogP contribution in [-0.2, 0) is 16.0 Å². The molecule has 0 saturated heterocycles. The van der Waals surface area contributed by atoms with E-state index in [2.05, 4.69) is 5.32 Å². The first kappa shape index (κ1) is 30.7. The lowest BCUT2D eigenvalue weighted by molar-refractivity contribution is -0.121. The van der Waals surface area contributed by atoms with E-state index >= 15 is 0 Å². The van der Waals surface area contributed by atoms with Gasteiger partial charge in [0.05, 0.1) is 6.61 Å². The largest absolute Gasteiger partial charge is 0.508 e. The fraction of sp³-hybridized carbons (Fsp3) is 0.500. The number of methoxy groups -OCH3 is 1. The van der Waals surface area contributed by atoms with Crippen LogP contribution in [0.5, 0.6) is 17.2 Å². The summed E-state index contributed by atoms with van der Waals surface area (Å²) in [5, 5.41) is 12.2. The van der Waals surface area contributed by atoms with Crippen LogP contribution < -0.4 is 10.1 Å². The predicted octanol–water partition coefficient (Wildman–Crippen LogP) is 6.58. The first-order valence-corrected chi connectivity index (χ1v) is 11.3. The highest BCUT2D eigenvalue weighted by Gasteiger charge is 2.09. The fourth-order valence-corrected chi connectivity index (χ4v) is 2.62. The van der Waals surface area contributed by atoms with E-state index in [1.165, 1.54) is 0 Å². The quantitative estimate of drug-likeness (QED) is 0.462. The molecule has 176 valence electrons. The average molecular weight is 434 g/mol. The highest BCUT2D eigenvalue weighted by molar-refractivity contribution is 5.76. The van der Waals surface area contributed by atoms with Crippen molar-refractivity contribution in [1.29, 1.82) is 0 Å². The van der Waals surface area contributed by atoms with Gasteiger partial charge >= 0.3 is 0 Å². The van der Waals surface area contributed by atoms with E-state index in [4.69, 9.17) is 9.47 Å². The minimum atomic E-state index is 0.0248. The number of benzene rings is 2. The lowest BCUT2D eigenvalue weighted by atomic mass is 10.0. The number of ether oxygens (including phenoxy) is 2. The Morgan fingerprint density at radius 3 is 1.94 bits per heavy atom. The van der Waals surface area contributed by atoms with Crippen LogP contribution in [0.4, 0.5) is 0 Å². The lowest BCUT2D eigenvalue weighted by Gasteiger charge is -2.14. The number of nitrogens with one attached hydrogen (secondary N) is 1. The molecule has 2 N–H and O–H groups in total. The topological polar surface area (TPSA) is 67.8 Å². The molecule has 0 heterocycles. The van der Waals surface area contributed by atoms with Crippen LogP contribution in [0.15, 0.2) is 36.4 Å². The van der Waals surface area contributed by atoms with Gasteiger partial charge in [0.2, 0.25) is 5.91 Å². The Kier molecular flexibility index (Phi) is 19.2. The molecule has 0 aliphatic rings. The van der Waals surface area contributed by atoms with Crippen LogP contribution in [0.2, 0.25) is 0 Å². The molecule has 0 saturated carbocycles. The van der Waals surface area contributed by atoms with Gasteiger partial charge in [-0.25, -0.2) is 0 Å². The van der Waals surface area contributed by atoms with Crippen LogP contribution in [0.3, 0.4) is 0 Å². The molecule has 31 heavy (non-hydrogen) atoms. The number of rotatable bonds is 8. The maximum atomic E-state index is 11.8. The fourth-order valence-electron chi connectivity index (χ4n) is 2.62. The van der Waals surface area contributed by atoms with E-state index in [1.807, 2.05) is 67.5 Å². The average Bonchev–Trinajstić information content (AvgIpc) is 2.80. The number of carbonyl (C=O) groups excluding carboxylic acids is 1. The van der Waals surface area contributed by atoms with Crippen molar-refractivity contribution < 1.29 is 19.4 Å². The zero-order valence-corrected chi connectivity index (χ0v) is 21.0. The normalized spacial score (nSPS) is 9.06. The van der Waals surface area contributed by atoms with Crippen molar-refractivity contribution in [2.45, 2.75) is 68.2 Å². The molecular formula is C26H43NO4. The molecular weight excluding hydrogens is 390 g/mol. The summed E-state index contributed by atoms with van der Waals surface area (Å²) in [7, 11) is 1.61. The molecule has 5 nitrogen and oxygen atoms in total. The molecule has 0 fully saturated rings. The molecule has 0 spiro atoms. The molecule has 0 aliphatic carbocycles. The Bertz CT molecular complexity index is 689. The zero-order valence-electron chi connectivity index (χ0n) is 21.0. The zero-order chi connectivity index (χ0) is 24.2. The van der Waals surface area contributed by atoms with Crippen molar-refractivity contribution in [1.82, 2.24) is 5.32 Å². The Balaban J connectivity index is 0. The second-order valence-electron chi connectivity index (χ2n) is 6.00. The van der Waals surface area contributed by atoms with Gasteiger partial charge in [-0.15, -0.1) is 0 Å². The minimum absolute atomic E-state index is 0.0248. The molecule has 0 unspecified atom stereocenters. The molecule has 2 aromatic carbocycles. The van der Waals surface area contributed by atoms with E-state index in [0.717, 1.165) is 22.4 Å². The summed E-state index contributed by atoms with van der Waals surface area (Å²) in [6, 6.07) is 10.7. The molecule has 5 heteroatoms. The van der Waals surface area contributed by atoms with E-state index in [1.54, 1.807) is 31.4 Å². The van der Waals surface area contributed by atoms with E-state index in [9.17, 15) is 9.90 Å². The van der Waals surface area contributed by atoms with Gasteiger partial charge in [0.1, 0.15) is 17.2 Å². The summed E-state index contributed by atoms with van der Waals surface area (Å²) in [6.07, 6.45) is 1.13. The standard InChI is InChI=1S/C20H25NO4.3C2H6/c1-14-12-16(4-9-19(23)21-10-11-24-3)13-15(2)20(14)25-18-7-5-17(22)6-8-18;3*1-2/h5-8,12-13,22H,4,9-11H2,1-3H3,(H,21,23);3*1-2H3. The molecule has 2 aromatic rings. The third-order valence-corrected chi connectivity index (χ3v) is 3.85. The number of aromatic hydroxyl groups is 1. The van der Waals surface area contributed by atoms with Crippen molar-refractivity contribution in [2.24, 2.45) is 0 Å². The lowest BCUT2D eigenvalue weighted by Crippen LogP contribution is -2.27. The van der Waals surface area contributed by atoms with Crippen molar-refractivity contribution in [2.75, 3.05) is 20.3 Å². The Morgan fingerprint density at radius 2 is 1.45 bits per heavy atom. The Hall–Kier alpha value is -2.53. The van der Waals surface area contributed by atoms with Gasteiger partial charge in [-0.1, -0.05) is 53.7 Å². The van der Waals surface area contributed by atoms with Crippen LogP contribution in [-0.4, -0.2) is 31.3 Å². The smallest absolute Gasteiger partial charge is 0.220 e. The van der Waals surface area contributed by atoms with E-state index in [-0.39, 0.29) is 11.7 Å². The summed E-state index contributed by atoms with van der Waals surface area (Å²) < 4.78 is 10.8. The number of amides is 1. The summed E-state index contributed by atoms with van der Waals surface area (Å²) in [4.78, 5) is 11.8. The summed E-state index contributed by atoms with van der Waals surface area (Å²) in [6.45, 7) is 17.0. The van der Waals surface area contributed by atoms with Crippen LogP contribution in [0.25, 0.3) is 0 Å². The van der Waals surface area contributed by atoms with Gasteiger partial charge < -0.3 is 19.9 Å². The number of aryl methyl sites for hydroxylation is 3. The highest BCUT2D eigenvalue weighted by atomic mass is 16.5. The first-order chi connectivity index (χ1) is 15.0. The second-order valence-corrected chi connectivity index (χ2v) is 6.00. The molecule has 0 radical (unpaired) electrons. The summed E-state index contributed by atoms with van der Waals surface area (Å²) >= 11 is 0. The van der Waals surface area contributed by atoms with Crippen molar-refractivity contribution >= 4 is 5.91 Å². The van der Waals surface area contributed by atoms with Gasteiger partial charge in [0, 0.05) is 20.1 Å². The van der Waals surface area contributed by atoms with Crippen LogP contribution in [0.1, 0.15) is 64.7 Å². The Labute approximate surface area is 189 Å². The molecule has 2 rings (SSSR count). The number of carbonyl (C=O) groups is 1. The third kappa shape index (κ3) is 12.7. The SMILES string of the molecule is CC.CC.CC.COCCNC(=O)CCc1cc(C)c(Oc2ccc(O)cc2)c(C)c1. The predicted molar refractivity (Wildman–Crippen MR) is 131 cm³/mol. The molecule has 0 atom stereocenters. The third-order valence-electron chi connectivity index (χ3n) is 3.85. The minimum Gasteiger partial charge on any atom is -0.508 e.